The van der Waals surface area contributed by atoms with Gasteiger partial charge in [0.2, 0.25) is 0 Å². The van der Waals surface area contributed by atoms with Gasteiger partial charge < -0.3 is 24.8 Å². The fraction of sp³-hybridized carbons (Fsp3) is 0.381. The van der Waals surface area contributed by atoms with E-state index in [0.29, 0.717) is 31.2 Å². The lowest BCUT2D eigenvalue weighted by atomic mass is 10.2. The predicted octanol–water partition coefficient (Wildman–Crippen LogP) is 3.95. The van der Waals surface area contributed by atoms with Crippen molar-refractivity contribution >= 4 is 5.96 Å². The molecule has 2 rings (SSSR count). The number of methoxy groups -OCH3 is 1. The van der Waals surface area contributed by atoms with Crippen LogP contribution in [0.15, 0.2) is 47.5 Å². The highest BCUT2D eigenvalue weighted by Gasteiger charge is 2.15. The van der Waals surface area contributed by atoms with Gasteiger partial charge in [-0.2, -0.15) is 8.78 Å². The fourth-order valence-electron chi connectivity index (χ4n) is 2.71. The molecule has 0 bridgehead atoms. The lowest BCUT2D eigenvalue weighted by Gasteiger charge is -2.16. The number of guanidine groups is 1. The van der Waals surface area contributed by atoms with E-state index in [1.807, 2.05) is 31.2 Å². The molecule has 0 radical (unpaired) electrons. The van der Waals surface area contributed by atoms with Crippen LogP contribution >= 0.6 is 0 Å². The molecule has 0 aliphatic rings. The van der Waals surface area contributed by atoms with Gasteiger partial charge in [0, 0.05) is 24.2 Å². The number of nitrogens with one attached hydrogen (secondary N) is 2. The maximum Gasteiger partial charge on any atom is 0.387 e. The van der Waals surface area contributed by atoms with Crippen LogP contribution in [0.4, 0.5) is 8.78 Å². The van der Waals surface area contributed by atoms with E-state index in [2.05, 4.69) is 15.6 Å². The Kier molecular flexibility index (Phi) is 9.01. The maximum atomic E-state index is 12.9. The molecular weight excluding hydrogens is 380 g/mol. The molecule has 0 aliphatic heterocycles. The van der Waals surface area contributed by atoms with Gasteiger partial charge in [-0.05, 0) is 26.0 Å². The summed E-state index contributed by atoms with van der Waals surface area (Å²) in [5.41, 5.74) is 1.48. The Morgan fingerprint density at radius 3 is 2.41 bits per heavy atom. The van der Waals surface area contributed by atoms with E-state index in [1.165, 1.54) is 0 Å². The standard InChI is InChI=1S/C21H27F2N3O3/c1-4-24-21(25-13-15-9-6-7-11-17(15)27-3)26-14-16-10-8-12-18(28-5-2)19(16)29-20(22)23/h6-12,20H,4-5,13-14H2,1-3H3,(H2,24,25,26). The van der Waals surface area contributed by atoms with E-state index in [9.17, 15) is 8.78 Å². The highest BCUT2D eigenvalue weighted by Crippen LogP contribution is 2.33. The first kappa shape index (κ1) is 22.3. The van der Waals surface area contributed by atoms with Crippen molar-refractivity contribution in [1.29, 1.82) is 0 Å². The summed E-state index contributed by atoms with van der Waals surface area (Å²) in [4.78, 5) is 4.50. The molecule has 0 atom stereocenters. The van der Waals surface area contributed by atoms with Crippen LogP contribution in [0.1, 0.15) is 25.0 Å². The maximum absolute atomic E-state index is 12.9. The van der Waals surface area contributed by atoms with Gasteiger partial charge in [-0.1, -0.05) is 30.3 Å². The summed E-state index contributed by atoms with van der Waals surface area (Å²) in [7, 11) is 1.62. The number of hydrogen-bond donors (Lipinski definition) is 2. The molecule has 0 saturated heterocycles. The van der Waals surface area contributed by atoms with E-state index in [0.717, 1.165) is 11.3 Å². The van der Waals surface area contributed by atoms with Crippen molar-refractivity contribution in [3.8, 4) is 17.2 Å². The summed E-state index contributed by atoms with van der Waals surface area (Å²) in [5.74, 6) is 1.59. The minimum absolute atomic E-state index is 0.00803. The molecule has 6 nitrogen and oxygen atoms in total. The van der Waals surface area contributed by atoms with Gasteiger partial charge in [-0.15, -0.1) is 0 Å². The fourth-order valence-corrected chi connectivity index (χ4v) is 2.71. The van der Waals surface area contributed by atoms with E-state index < -0.39 is 6.61 Å². The molecule has 0 saturated carbocycles. The summed E-state index contributed by atoms with van der Waals surface area (Å²) in [5, 5.41) is 6.36. The Bertz CT molecular complexity index is 800. The smallest absolute Gasteiger partial charge is 0.387 e. The number of rotatable bonds is 10. The van der Waals surface area contributed by atoms with Crippen molar-refractivity contribution in [2.45, 2.75) is 33.5 Å². The molecule has 0 unspecified atom stereocenters. The van der Waals surface area contributed by atoms with Crippen LogP contribution in [-0.2, 0) is 13.1 Å². The minimum Gasteiger partial charge on any atom is -0.496 e. The molecule has 2 aromatic carbocycles. The molecule has 8 heteroatoms. The van der Waals surface area contributed by atoms with E-state index >= 15 is 0 Å². The van der Waals surface area contributed by atoms with E-state index in [-0.39, 0.29) is 18.0 Å². The average molecular weight is 407 g/mol. The largest absolute Gasteiger partial charge is 0.496 e. The number of aliphatic imine (C=N–C) groups is 1. The molecule has 0 aliphatic carbocycles. The minimum atomic E-state index is -2.95. The van der Waals surface area contributed by atoms with Gasteiger partial charge in [0.25, 0.3) is 0 Å². The Labute approximate surface area is 169 Å². The van der Waals surface area contributed by atoms with Crippen molar-refractivity contribution in [3.05, 3.63) is 53.6 Å². The lowest BCUT2D eigenvalue weighted by molar-refractivity contribution is -0.0520. The number of alkyl halides is 2. The number of hydrogen-bond acceptors (Lipinski definition) is 4. The second-order valence-corrected chi connectivity index (χ2v) is 5.92. The molecule has 2 aromatic rings. The van der Waals surface area contributed by atoms with Crippen LogP contribution in [0, 0.1) is 0 Å². The zero-order chi connectivity index (χ0) is 21.1. The van der Waals surface area contributed by atoms with Crippen molar-refractivity contribution in [3.63, 3.8) is 0 Å². The molecule has 0 heterocycles. The highest BCUT2D eigenvalue weighted by molar-refractivity contribution is 5.79. The van der Waals surface area contributed by atoms with Gasteiger partial charge in [-0.3, -0.25) is 0 Å². The third kappa shape index (κ3) is 6.81. The van der Waals surface area contributed by atoms with Gasteiger partial charge in [0.15, 0.2) is 17.5 Å². The van der Waals surface area contributed by atoms with Crippen molar-refractivity contribution < 1.29 is 23.0 Å². The van der Waals surface area contributed by atoms with E-state index in [4.69, 9.17) is 14.2 Å². The predicted molar refractivity (Wildman–Crippen MR) is 109 cm³/mol. The Balaban J connectivity index is 2.18. The SMILES string of the molecule is CCNC(=NCc1cccc(OCC)c1OC(F)F)NCc1ccccc1OC. The van der Waals surface area contributed by atoms with Gasteiger partial charge in [0.1, 0.15) is 5.75 Å². The third-order valence-electron chi connectivity index (χ3n) is 3.96. The van der Waals surface area contributed by atoms with Crippen LogP contribution < -0.4 is 24.8 Å². The average Bonchev–Trinajstić information content (AvgIpc) is 2.72. The number of nitrogens with zero attached hydrogens (tertiary/aromatic N) is 1. The summed E-state index contributed by atoms with van der Waals surface area (Å²) in [6.07, 6.45) is 0. The van der Waals surface area contributed by atoms with Crippen molar-refractivity contribution in [1.82, 2.24) is 10.6 Å². The normalized spacial score (nSPS) is 11.3. The lowest BCUT2D eigenvalue weighted by Crippen LogP contribution is -2.36. The van der Waals surface area contributed by atoms with Crippen LogP contribution in [0.5, 0.6) is 17.2 Å². The van der Waals surface area contributed by atoms with Gasteiger partial charge >= 0.3 is 6.61 Å². The molecular formula is C21H27F2N3O3. The van der Waals surface area contributed by atoms with Crippen molar-refractivity contribution in [2.24, 2.45) is 4.99 Å². The Morgan fingerprint density at radius 1 is 1.00 bits per heavy atom. The topological polar surface area (TPSA) is 64.1 Å². The quantitative estimate of drug-likeness (QED) is 0.461. The number of benzene rings is 2. The summed E-state index contributed by atoms with van der Waals surface area (Å²) in [6.45, 7) is 2.41. The first-order valence-electron chi connectivity index (χ1n) is 9.42. The zero-order valence-corrected chi connectivity index (χ0v) is 16.9. The Hall–Kier alpha value is -3.03. The summed E-state index contributed by atoms with van der Waals surface area (Å²) >= 11 is 0. The summed E-state index contributed by atoms with van der Waals surface area (Å²) in [6, 6.07) is 12.7. The highest BCUT2D eigenvalue weighted by atomic mass is 19.3. The second kappa shape index (κ2) is 11.7. The molecule has 0 aromatic heterocycles. The molecule has 2 N–H and O–H groups in total. The van der Waals surface area contributed by atoms with Crippen LogP contribution in [0.2, 0.25) is 0 Å². The molecule has 0 fully saturated rings. The second-order valence-electron chi connectivity index (χ2n) is 5.92. The van der Waals surface area contributed by atoms with Crippen LogP contribution in [0.3, 0.4) is 0 Å². The van der Waals surface area contributed by atoms with Crippen LogP contribution in [-0.4, -0.2) is 32.8 Å². The molecule has 158 valence electrons. The Morgan fingerprint density at radius 2 is 1.72 bits per heavy atom. The summed E-state index contributed by atoms with van der Waals surface area (Å²) < 4.78 is 41.2. The van der Waals surface area contributed by atoms with Gasteiger partial charge in [0.05, 0.1) is 20.3 Å². The molecule has 0 spiro atoms. The molecule has 29 heavy (non-hydrogen) atoms. The monoisotopic (exact) mass is 407 g/mol. The van der Waals surface area contributed by atoms with Crippen molar-refractivity contribution in [2.75, 3.05) is 20.3 Å². The van der Waals surface area contributed by atoms with E-state index in [1.54, 1.807) is 32.2 Å². The number of ether oxygens (including phenoxy) is 3. The first-order valence-corrected chi connectivity index (χ1v) is 9.42. The third-order valence-corrected chi connectivity index (χ3v) is 3.96. The zero-order valence-electron chi connectivity index (χ0n) is 16.9. The number of halogens is 2. The van der Waals surface area contributed by atoms with Crippen LogP contribution in [0.25, 0.3) is 0 Å². The first-order chi connectivity index (χ1) is 14.1. The number of para-hydroxylation sites is 2. The van der Waals surface area contributed by atoms with Gasteiger partial charge in [-0.25, -0.2) is 4.99 Å². The molecule has 0 amide bonds.